The van der Waals surface area contributed by atoms with Gasteiger partial charge in [-0.05, 0) is 149 Å². The summed E-state index contributed by atoms with van der Waals surface area (Å²) in [7, 11) is 0. The largest absolute Gasteiger partial charge is 0.366 e. The van der Waals surface area contributed by atoms with Crippen molar-refractivity contribution in [3.05, 3.63) is 159 Å². The van der Waals surface area contributed by atoms with Crippen LogP contribution in [0.25, 0.3) is 27.4 Å². The molecule has 0 radical (unpaired) electrons. The maximum atomic E-state index is 14.4. The Balaban J connectivity index is 0.000000184. The third-order valence-electron chi connectivity index (χ3n) is 11.7. The van der Waals surface area contributed by atoms with Gasteiger partial charge in [-0.15, -0.1) is 0 Å². The number of hydrogen-bond acceptors (Lipinski definition) is 7. The molecule has 0 aliphatic heterocycles. The van der Waals surface area contributed by atoms with E-state index < -0.39 is 52.3 Å². The van der Waals surface area contributed by atoms with Crippen LogP contribution in [-0.4, -0.2) is 48.6 Å². The van der Waals surface area contributed by atoms with Gasteiger partial charge < -0.3 is 5.73 Å². The highest BCUT2D eigenvalue weighted by Gasteiger charge is 2.49. The highest BCUT2D eigenvalue weighted by Crippen LogP contribution is 2.50. The number of halogens is 6. The number of primary amides is 1. The summed E-state index contributed by atoms with van der Waals surface area (Å²) < 4.78 is 84.7. The number of aromatic nitrogens is 6. The van der Waals surface area contributed by atoms with E-state index in [0.29, 0.717) is 65.3 Å². The van der Waals surface area contributed by atoms with Crippen LogP contribution < -0.4 is 5.73 Å². The predicted molar refractivity (Wildman–Crippen MR) is 216 cm³/mol. The van der Waals surface area contributed by atoms with E-state index in [-0.39, 0.29) is 53.8 Å². The van der Waals surface area contributed by atoms with E-state index in [1.807, 2.05) is 0 Å². The van der Waals surface area contributed by atoms with Gasteiger partial charge in [-0.25, -0.2) is 31.2 Å². The Kier molecular flexibility index (Phi) is 12.3. The SMILES string of the molecule is Cc1cc(F)c(-c2ccc(CCC3(c4ncccc4F)CC(F)C3)nn2)cc1C(N)=O.[C-]#[N+]c1cc(-c2ccc(CCC3(c4ncccc4F)CC(F)C3)nn2)c(F)cc1C. The van der Waals surface area contributed by atoms with Crippen LogP contribution in [0.4, 0.5) is 32.0 Å². The van der Waals surface area contributed by atoms with Crippen LogP contribution in [0.5, 0.6) is 0 Å². The Morgan fingerprint density at radius 3 is 1.52 bits per heavy atom. The van der Waals surface area contributed by atoms with Crippen LogP contribution in [0.1, 0.15) is 82.8 Å². The van der Waals surface area contributed by atoms with Crippen LogP contribution in [0, 0.1) is 43.7 Å². The van der Waals surface area contributed by atoms with Crippen molar-refractivity contribution < 1.29 is 31.1 Å². The van der Waals surface area contributed by atoms with Crippen molar-refractivity contribution in [1.29, 1.82) is 0 Å². The summed E-state index contributed by atoms with van der Waals surface area (Å²) in [5.74, 6) is -2.50. The second kappa shape index (κ2) is 17.6. The zero-order chi connectivity index (χ0) is 43.5. The number of carbonyl (C=O) groups excluding carboxylic acids is 1. The third-order valence-corrected chi connectivity index (χ3v) is 11.7. The number of nitrogens with two attached hydrogens (primary N) is 1. The van der Waals surface area contributed by atoms with Gasteiger partial charge in [-0.2, -0.15) is 20.4 Å². The summed E-state index contributed by atoms with van der Waals surface area (Å²) in [4.78, 5) is 23.3. The van der Waals surface area contributed by atoms with Gasteiger partial charge in [0.05, 0.1) is 40.7 Å². The Morgan fingerprint density at radius 1 is 0.672 bits per heavy atom. The molecule has 2 N–H and O–H groups in total. The first-order chi connectivity index (χ1) is 29.2. The lowest BCUT2D eigenvalue weighted by atomic mass is 9.62. The molecule has 61 heavy (non-hydrogen) atoms. The molecule has 0 spiro atoms. The average molecular weight is 835 g/mol. The van der Waals surface area contributed by atoms with Gasteiger partial charge in [0.1, 0.15) is 35.6 Å². The van der Waals surface area contributed by atoms with Gasteiger partial charge in [0.25, 0.3) is 0 Å². The number of aryl methyl sites for hydroxylation is 4. The molecular formula is C46H40F6N8O. The molecule has 2 aromatic carbocycles. The lowest BCUT2D eigenvalue weighted by Crippen LogP contribution is -2.44. The zero-order valence-corrected chi connectivity index (χ0v) is 33.3. The predicted octanol–water partition coefficient (Wildman–Crippen LogP) is 9.91. The molecule has 2 fully saturated rings. The first-order valence-corrected chi connectivity index (χ1v) is 19.6. The van der Waals surface area contributed by atoms with Gasteiger partial charge >= 0.3 is 0 Å². The van der Waals surface area contributed by atoms with Gasteiger partial charge in [-0.1, -0.05) is 0 Å². The average Bonchev–Trinajstić information content (AvgIpc) is 3.21. The molecule has 0 bridgehead atoms. The minimum Gasteiger partial charge on any atom is -0.366 e. The molecule has 0 atom stereocenters. The van der Waals surface area contributed by atoms with Crippen molar-refractivity contribution in [2.75, 3.05) is 0 Å². The molecule has 9 nitrogen and oxygen atoms in total. The van der Waals surface area contributed by atoms with Crippen molar-refractivity contribution >= 4 is 11.6 Å². The Bertz CT molecular complexity index is 2610. The van der Waals surface area contributed by atoms with E-state index in [1.54, 1.807) is 38.1 Å². The molecular weight excluding hydrogens is 795 g/mol. The molecule has 2 aliphatic rings. The van der Waals surface area contributed by atoms with Gasteiger partial charge in [0.2, 0.25) is 5.91 Å². The normalized spacial score (nSPS) is 20.4. The van der Waals surface area contributed by atoms with Crippen molar-refractivity contribution in [1.82, 2.24) is 30.4 Å². The molecule has 1 amide bonds. The number of rotatable bonds is 11. The summed E-state index contributed by atoms with van der Waals surface area (Å²) in [5.41, 5.74) is 8.43. The van der Waals surface area contributed by atoms with E-state index >= 15 is 0 Å². The smallest absolute Gasteiger partial charge is 0.248 e. The molecule has 4 aromatic heterocycles. The fraction of sp³-hybridized carbons (Fsp3) is 0.304. The first kappa shape index (κ1) is 42.6. The van der Waals surface area contributed by atoms with E-state index in [2.05, 4.69) is 35.2 Å². The van der Waals surface area contributed by atoms with E-state index in [1.165, 1.54) is 60.9 Å². The van der Waals surface area contributed by atoms with Crippen molar-refractivity contribution in [3.8, 4) is 22.5 Å². The zero-order valence-electron chi connectivity index (χ0n) is 33.3. The van der Waals surface area contributed by atoms with Crippen LogP contribution >= 0.6 is 0 Å². The number of nitrogens with zero attached hydrogens (tertiary/aromatic N) is 7. The summed E-state index contributed by atoms with van der Waals surface area (Å²) in [5, 5.41) is 16.5. The Hall–Kier alpha value is -6.56. The van der Waals surface area contributed by atoms with Crippen molar-refractivity contribution in [2.45, 2.75) is 88.4 Å². The third kappa shape index (κ3) is 8.99. The highest BCUT2D eigenvalue weighted by molar-refractivity contribution is 5.95. The monoisotopic (exact) mass is 834 g/mol. The second-order valence-electron chi connectivity index (χ2n) is 15.8. The maximum Gasteiger partial charge on any atom is 0.248 e. The molecule has 2 saturated carbocycles. The Morgan fingerprint density at radius 2 is 1.13 bits per heavy atom. The minimum atomic E-state index is -0.973. The number of carbonyl (C=O) groups is 1. The molecule has 2 aliphatic carbocycles. The van der Waals surface area contributed by atoms with Crippen LogP contribution in [0.3, 0.4) is 0 Å². The lowest BCUT2D eigenvalue weighted by molar-refractivity contribution is 0.0791. The van der Waals surface area contributed by atoms with E-state index in [4.69, 9.17) is 12.3 Å². The fourth-order valence-electron chi connectivity index (χ4n) is 8.28. The van der Waals surface area contributed by atoms with E-state index in [9.17, 15) is 31.1 Å². The summed E-state index contributed by atoms with van der Waals surface area (Å²) >= 11 is 0. The summed E-state index contributed by atoms with van der Waals surface area (Å²) in [6.07, 6.45) is 3.90. The van der Waals surface area contributed by atoms with Crippen LogP contribution in [0.15, 0.2) is 85.2 Å². The maximum absolute atomic E-state index is 14.4. The van der Waals surface area contributed by atoms with E-state index in [0.717, 1.165) is 0 Å². The molecule has 15 heteroatoms. The van der Waals surface area contributed by atoms with Gasteiger partial charge in [-0.3, -0.25) is 14.8 Å². The molecule has 312 valence electrons. The number of amides is 1. The standard InChI is InChI=1S/C23H21F3N4O.C23H19F3N4/c1-13-9-19(26)17(10-16(13)22(27)31)20-5-4-15(29-30-20)6-7-23(11-14(24)12-23)21-18(25)3-2-8-28-21;1-14-10-19(26)17(11-21(14)27-2)20-6-5-16(29-30-20)7-8-23(12-15(24)13-23)22-18(25)4-3-9-28-22/h2-5,8-10,14H,6-7,11-12H2,1H3,(H2,27,31);3-6,9-11,15H,7-8,12-13H2,1H3. The first-order valence-electron chi connectivity index (χ1n) is 19.6. The topological polar surface area (TPSA) is 125 Å². The molecule has 0 unspecified atom stereocenters. The van der Waals surface area contributed by atoms with Gasteiger partial charge in [0.15, 0.2) is 5.69 Å². The number of pyridine rings is 2. The molecule has 4 heterocycles. The summed E-state index contributed by atoms with van der Waals surface area (Å²) in [6, 6.07) is 17.8. The van der Waals surface area contributed by atoms with Crippen LogP contribution in [0.2, 0.25) is 0 Å². The quantitative estimate of drug-likeness (QED) is 0.102. The molecule has 8 rings (SSSR count). The molecule has 6 aromatic rings. The van der Waals surface area contributed by atoms with Crippen molar-refractivity contribution in [2.24, 2.45) is 5.73 Å². The second-order valence-corrected chi connectivity index (χ2v) is 15.8. The fourth-order valence-corrected chi connectivity index (χ4v) is 8.28. The highest BCUT2D eigenvalue weighted by atomic mass is 19.2. The van der Waals surface area contributed by atoms with Crippen LogP contribution in [-0.2, 0) is 23.7 Å². The number of alkyl halides is 2. The molecule has 0 saturated heterocycles. The lowest BCUT2D eigenvalue weighted by Gasteiger charge is -2.44. The number of benzene rings is 2. The number of hydrogen-bond donors (Lipinski definition) is 1. The minimum absolute atomic E-state index is 0.129. The van der Waals surface area contributed by atoms with Gasteiger partial charge in [0, 0.05) is 39.9 Å². The Labute approximate surface area is 348 Å². The summed E-state index contributed by atoms with van der Waals surface area (Å²) in [6.45, 7) is 10.5. The van der Waals surface area contributed by atoms with Crippen molar-refractivity contribution in [3.63, 3.8) is 0 Å².